The molecule has 7 nitrogen and oxygen atoms in total. The van der Waals surface area contributed by atoms with Crippen molar-refractivity contribution in [3.63, 3.8) is 0 Å². The van der Waals surface area contributed by atoms with Crippen LogP contribution in [0.4, 0.5) is 0 Å². The third kappa shape index (κ3) is 3.50. The lowest BCUT2D eigenvalue weighted by molar-refractivity contribution is -0.142. The summed E-state index contributed by atoms with van der Waals surface area (Å²) < 4.78 is 6.16. The number of thiazole rings is 1. The molecule has 3 rings (SSSR count). The van der Waals surface area contributed by atoms with E-state index in [9.17, 15) is 14.4 Å². The summed E-state index contributed by atoms with van der Waals surface area (Å²) in [5.74, 6) is -1.24. The number of ether oxygens (including phenoxy) is 1. The van der Waals surface area contributed by atoms with Gasteiger partial charge in [-0.3, -0.25) is 14.0 Å². The number of nitrogens with zero attached hydrogens (tertiary/aromatic N) is 2. The zero-order chi connectivity index (χ0) is 18.7. The van der Waals surface area contributed by atoms with Crippen LogP contribution in [0.1, 0.15) is 21.6 Å². The zero-order valence-electron chi connectivity index (χ0n) is 14.3. The number of carbonyl (C=O) groups is 2. The Morgan fingerprint density at radius 3 is 2.73 bits per heavy atom. The average molecular weight is 371 g/mol. The fraction of sp³-hybridized carbons (Fsp3) is 0.222. The highest BCUT2D eigenvalue weighted by molar-refractivity contribution is 7.15. The van der Waals surface area contributed by atoms with Crippen molar-refractivity contribution in [2.75, 3.05) is 7.11 Å². The second kappa shape index (κ2) is 7.49. The maximum absolute atomic E-state index is 12.6. The Morgan fingerprint density at radius 2 is 2.04 bits per heavy atom. The van der Waals surface area contributed by atoms with Crippen molar-refractivity contribution >= 4 is 28.2 Å². The summed E-state index contributed by atoms with van der Waals surface area (Å²) in [7, 11) is 1.25. The Bertz CT molecular complexity index is 1010. The number of esters is 1. The van der Waals surface area contributed by atoms with Gasteiger partial charge >= 0.3 is 5.97 Å². The van der Waals surface area contributed by atoms with E-state index < -0.39 is 23.5 Å². The number of aromatic nitrogens is 2. The number of methoxy groups -OCH3 is 1. The van der Waals surface area contributed by atoms with Crippen LogP contribution in [-0.4, -0.2) is 34.4 Å². The molecule has 2 heterocycles. The van der Waals surface area contributed by atoms with Crippen LogP contribution in [0.2, 0.25) is 0 Å². The molecule has 134 valence electrons. The largest absolute Gasteiger partial charge is 0.467 e. The maximum Gasteiger partial charge on any atom is 0.328 e. The summed E-state index contributed by atoms with van der Waals surface area (Å²) in [6.07, 6.45) is 1.49. The molecular weight excluding hydrogens is 354 g/mol. The minimum atomic E-state index is -0.904. The number of rotatable bonds is 5. The Hall–Kier alpha value is -3.00. The molecule has 0 radical (unpaired) electrons. The van der Waals surface area contributed by atoms with Gasteiger partial charge < -0.3 is 10.1 Å². The first kappa shape index (κ1) is 17.8. The van der Waals surface area contributed by atoms with E-state index >= 15 is 0 Å². The highest BCUT2D eigenvalue weighted by Crippen LogP contribution is 2.11. The lowest BCUT2D eigenvalue weighted by Crippen LogP contribution is -2.44. The van der Waals surface area contributed by atoms with Crippen LogP contribution < -0.4 is 10.9 Å². The van der Waals surface area contributed by atoms with E-state index in [-0.39, 0.29) is 12.0 Å². The highest BCUT2D eigenvalue weighted by atomic mass is 32.1. The second-order valence-corrected chi connectivity index (χ2v) is 6.55. The summed E-state index contributed by atoms with van der Waals surface area (Å²) in [5.41, 5.74) is 0.980. The van der Waals surface area contributed by atoms with Crippen molar-refractivity contribution in [3.05, 3.63) is 69.1 Å². The van der Waals surface area contributed by atoms with Gasteiger partial charge in [0.25, 0.3) is 11.5 Å². The molecular formula is C18H17N3O4S. The number of amides is 1. The number of carbonyl (C=O) groups excluding carboxylic acids is 2. The van der Waals surface area contributed by atoms with Crippen molar-refractivity contribution in [3.8, 4) is 0 Å². The van der Waals surface area contributed by atoms with Crippen LogP contribution in [0.15, 0.2) is 46.7 Å². The van der Waals surface area contributed by atoms with Crippen molar-refractivity contribution in [2.24, 2.45) is 0 Å². The fourth-order valence-electron chi connectivity index (χ4n) is 2.60. The zero-order valence-corrected chi connectivity index (χ0v) is 15.1. The molecule has 0 saturated heterocycles. The van der Waals surface area contributed by atoms with Crippen LogP contribution in [0.25, 0.3) is 4.96 Å². The van der Waals surface area contributed by atoms with Crippen LogP contribution >= 0.6 is 11.3 Å². The molecule has 26 heavy (non-hydrogen) atoms. The van der Waals surface area contributed by atoms with Gasteiger partial charge in [0.05, 0.1) is 7.11 Å². The van der Waals surface area contributed by atoms with E-state index in [1.807, 2.05) is 30.3 Å². The minimum Gasteiger partial charge on any atom is -0.467 e. The molecule has 0 aliphatic heterocycles. The van der Waals surface area contributed by atoms with Crippen molar-refractivity contribution in [1.82, 2.24) is 14.7 Å². The number of fused-ring (bicyclic) bond motifs is 1. The first-order valence-electron chi connectivity index (χ1n) is 7.89. The Morgan fingerprint density at radius 1 is 1.31 bits per heavy atom. The van der Waals surface area contributed by atoms with Gasteiger partial charge in [-0.1, -0.05) is 30.3 Å². The van der Waals surface area contributed by atoms with Crippen molar-refractivity contribution in [2.45, 2.75) is 19.4 Å². The fourth-order valence-corrected chi connectivity index (χ4v) is 3.43. The summed E-state index contributed by atoms with van der Waals surface area (Å²) >= 11 is 1.32. The maximum atomic E-state index is 12.6. The smallest absolute Gasteiger partial charge is 0.328 e. The Balaban J connectivity index is 1.88. The summed E-state index contributed by atoms with van der Waals surface area (Å²) in [4.78, 5) is 41.9. The predicted molar refractivity (Wildman–Crippen MR) is 97.5 cm³/mol. The number of benzene rings is 1. The molecule has 0 spiro atoms. The Kier molecular flexibility index (Phi) is 5.13. The van der Waals surface area contributed by atoms with E-state index in [0.29, 0.717) is 10.7 Å². The average Bonchev–Trinajstić information content (AvgIpc) is 3.03. The van der Waals surface area contributed by atoms with E-state index in [2.05, 4.69) is 10.3 Å². The molecule has 0 saturated carbocycles. The SMILES string of the molecule is COC(=O)C(Cc1ccccc1)NC(=O)c1cnc2scc(C)n2c1=O. The molecule has 1 amide bonds. The molecule has 0 fully saturated rings. The normalized spacial score (nSPS) is 11.9. The molecule has 1 atom stereocenters. The monoisotopic (exact) mass is 371 g/mol. The van der Waals surface area contributed by atoms with Crippen molar-refractivity contribution < 1.29 is 14.3 Å². The molecule has 3 aromatic rings. The lowest BCUT2D eigenvalue weighted by Gasteiger charge is -2.16. The molecule has 1 aromatic carbocycles. The third-order valence-corrected chi connectivity index (χ3v) is 4.89. The summed E-state index contributed by atoms with van der Waals surface area (Å²) in [5, 5.41) is 4.38. The first-order valence-corrected chi connectivity index (χ1v) is 8.77. The number of hydrogen-bond acceptors (Lipinski definition) is 6. The standard InChI is InChI=1S/C18H17N3O4S/c1-11-10-26-18-19-9-13(16(23)21(11)18)15(22)20-14(17(24)25-2)8-12-6-4-3-5-7-12/h3-7,9-10,14H,8H2,1-2H3,(H,20,22). The summed E-state index contributed by atoms with van der Waals surface area (Å²) in [6.45, 7) is 1.76. The Labute approximate surface area is 153 Å². The van der Waals surface area contributed by atoms with Gasteiger partial charge in [-0.05, 0) is 12.5 Å². The highest BCUT2D eigenvalue weighted by Gasteiger charge is 2.24. The van der Waals surface area contributed by atoms with Crippen LogP contribution in [0.5, 0.6) is 0 Å². The molecule has 1 N–H and O–H groups in total. The van der Waals surface area contributed by atoms with Gasteiger partial charge in [0.15, 0.2) is 4.96 Å². The molecule has 0 bridgehead atoms. The summed E-state index contributed by atoms with van der Waals surface area (Å²) in [6, 6.07) is 8.33. The molecule has 8 heteroatoms. The van der Waals surface area contributed by atoms with E-state index in [4.69, 9.17) is 4.74 Å². The van der Waals surface area contributed by atoms with Crippen LogP contribution in [0, 0.1) is 6.92 Å². The number of nitrogens with one attached hydrogen (secondary N) is 1. The quantitative estimate of drug-likeness (QED) is 0.688. The van der Waals surface area contributed by atoms with Gasteiger partial charge in [-0.25, -0.2) is 9.78 Å². The molecule has 0 aliphatic rings. The van der Waals surface area contributed by atoms with E-state index in [0.717, 1.165) is 5.56 Å². The van der Waals surface area contributed by atoms with Crippen LogP contribution in [-0.2, 0) is 16.0 Å². The molecule has 1 unspecified atom stereocenters. The predicted octanol–water partition coefficient (Wildman–Crippen LogP) is 1.58. The number of aryl methyl sites for hydroxylation is 1. The third-order valence-electron chi connectivity index (χ3n) is 3.93. The van der Waals surface area contributed by atoms with Crippen molar-refractivity contribution in [1.29, 1.82) is 0 Å². The van der Waals surface area contributed by atoms with Gasteiger partial charge in [0.1, 0.15) is 11.6 Å². The molecule has 2 aromatic heterocycles. The van der Waals surface area contributed by atoms with Gasteiger partial charge in [-0.2, -0.15) is 0 Å². The van der Waals surface area contributed by atoms with Gasteiger partial charge in [0.2, 0.25) is 0 Å². The number of hydrogen-bond donors (Lipinski definition) is 1. The van der Waals surface area contributed by atoms with E-state index in [1.165, 1.54) is 29.0 Å². The van der Waals surface area contributed by atoms with E-state index in [1.54, 1.807) is 12.3 Å². The second-order valence-electron chi connectivity index (χ2n) is 5.71. The first-order chi connectivity index (χ1) is 12.5. The topological polar surface area (TPSA) is 89.8 Å². The van der Waals surface area contributed by atoms with Gasteiger partial charge in [-0.15, -0.1) is 11.3 Å². The van der Waals surface area contributed by atoms with Crippen LogP contribution in [0.3, 0.4) is 0 Å². The molecule has 0 aliphatic carbocycles. The van der Waals surface area contributed by atoms with Gasteiger partial charge in [0, 0.05) is 23.7 Å². The minimum absolute atomic E-state index is 0.119. The lowest BCUT2D eigenvalue weighted by atomic mass is 10.1.